The Bertz CT molecular complexity index is 1080. The molecule has 2 amide bonds. The average molecular weight is 456 g/mol. The van der Waals surface area contributed by atoms with E-state index in [1.54, 1.807) is 18.2 Å². The summed E-state index contributed by atoms with van der Waals surface area (Å²) in [5, 5.41) is 26.1. The molecule has 4 rings (SSSR count). The van der Waals surface area contributed by atoms with E-state index in [2.05, 4.69) is 26.3 Å². The SMILES string of the molecule is O=C(NCc1cc(Cl)ccc1-n1cnnn1)[C@@H]1CCNN1C(=O)[C@H](O)Cc1ccccc1. The molecule has 0 bridgehead atoms. The van der Waals surface area contributed by atoms with E-state index in [1.807, 2.05) is 30.3 Å². The van der Waals surface area contributed by atoms with Gasteiger partial charge in [0.25, 0.3) is 5.91 Å². The van der Waals surface area contributed by atoms with Gasteiger partial charge in [-0.05, 0) is 46.2 Å². The third-order valence-corrected chi connectivity index (χ3v) is 5.43. The van der Waals surface area contributed by atoms with Crippen LogP contribution in [-0.2, 0) is 22.6 Å². The first kappa shape index (κ1) is 21.9. The van der Waals surface area contributed by atoms with Crippen LogP contribution in [0.15, 0.2) is 54.9 Å². The number of rotatable bonds is 7. The topological polar surface area (TPSA) is 125 Å². The van der Waals surface area contributed by atoms with Gasteiger partial charge in [-0.2, -0.15) is 0 Å². The van der Waals surface area contributed by atoms with Gasteiger partial charge in [0.15, 0.2) is 0 Å². The zero-order chi connectivity index (χ0) is 22.5. The van der Waals surface area contributed by atoms with Crippen LogP contribution in [0.4, 0.5) is 0 Å². The molecule has 3 aromatic rings. The zero-order valence-electron chi connectivity index (χ0n) is 17.1. The predicted molar refractivity (Wildman–Crippen MR) is 115 cm³/mol. The standard InChI is InChI=1S/C21H22ClN7O3/c22-16-6-7-17(28-13-24-26-27-28)15(11-16)12-23-20(31)18-8-9-25-29(18)21(32)19(30)10-14-4-2-1-3-5-14/h1-7,11,13,18-19,25,30H,8-10,12H2,(H,23,31)/t18-,19+/m0/s1. The fourth-order valence-corrected chi connectivity index (χ4v) is 3.81. The van der Waals surface area contributed by atoms with Gasteiger partial charge < -0.3 is 10.4 Å². The summed E-state index contributed by atoms with van der Waals surface area (Å²) in [6.45, 7) is 0.620. The van der Waals surface area contributed by atoms with Crippen LogP contribution in [0.3, 0.4) is 0 Å². The molecule has 32 heavy (non-hydrogen) atoms. The van der Waals surface area contributed by atoms with Crippen LogP contribution in [0, 0.1) is 0 Å². The molecule has 0 spiro atoms. The van der Waals surface area contributed by atoms with Gasteiger partial charge in [0.1, 0.15) is 18.5 Å². The van der Waals surface area contributed by atoms with Crippen molar-refractivity contribution in [3.05, 3.63) is 71.0 Å². The molecule has 10 nitrogen and oxygen atoms in total. The second-order valence-corrected chi connectivity index (χ2v) is 7.81. The molecular formula is C21H22ClN7O3. The summed E-state index contributed by atoms with van der Waals surface area (Å²) in [5.74, 6) is -0.874. The van der Waals surface area contributed by atoms with Crippen molar-refractivity contribution in [2.75, 3.05) is 6.54 Å². The maximum absolute atomic E-state index is 12.9. The first-order chi connectivity index (χ1) is 15.5. The Labute approximate surface area is 189 Å². The Hall–Kier alpha value is -3.34. The van der Waals surface area contributed by atoms with Gasteiger partial charge in [0, 0.05) is 24.5 Å². The summed E-state index contributed by atoms with van der Waals surface area (Å²) < 4.78 is 1.48. The average Bonchev–Trinajstić information content (AvgIpc) is 3.50. The summed E-state index contributed by atoms with van der Waals surface area (Å²) in [6.07, 6.45) is 0.802. The first-order valence-electron chi connectivity index (χ1n) is 10.1. The number of aliphatic hydroxyl groups excluding tert-OH is 1. The quantitative estimate of drug-likeness (QED) is 0.477. The van der Waals surface area contributed by atoms with Gasteiger partial charge >= 0.3 is 0 Å². The van der Waals surface area contributed by atoms with E-state index >= 15 is 0 Å². The molecule has 1 fully saturated rings. The summed E-state index contributed by atoms with van der Waals surface area (Å²) in [4.78, 5) is 25.7. The Kier molecular flexibility index (Phi) is 6.74. The number of benzene rings is 2. The van der Waals surface area contributed by atoms with Crippen molar-refractivity contribution in [3.8, 4) is 5.69 Å². The highest BCUT2D eigenvalue weighted by Crippen LogP contribution is 2.19. The lowest BCUT2D eigenvalue weighted by molar-refractivity contribution is -0.148. The minimum atomic E-state index is -1.25. The molecule has 2 atom stereocenters. The Balaban J connectivity index is 1.41. The molecule has 2 aromatic carbocycles. The van der Waals surface area contributed by atoms with E-state index in [9.17, 15) is 14.7 Å². The second-order valence-electron chi connectivity index (χ2n) is 7.37. The minimum absolute atomic E-state index is 0.166. The third kappa shape index (κ3) is 4.93. The first-order valence-corrected chi connectivity index (χ1v) is 10.5. The largest absolute Gasteiger partial charge is 0.383 e. The van der Waals surface area contributed by atoms with Gasteiger partial charge in [0.05, 0.1) is 5.69 Å². The molecule has 0 unspecified atom stereocenters. The molecule has 166 valence electrons. The molecular weight excluding hydrogens is 434 g/mol. The Morgan fingerprint density at radius 2 is 2.06 bits per heavy atom. The fraction of sp³-hybridized carbons (Fsp3) is 0.286. The number of aromatic nitrogens is 4. The number of nitrogens with zero attached hydrogens (tertiary/aromatic N) is 5. The number of amides is 2. The molecule has 0 saturated carbocycles. The van der Waals surface area contributed by atoms with Gasteiger partial charge in [-0.3, -0.25) is 14.6 Å². The number of hydrogen-bond acceptors (Lipinski definition) is 7. The third-order valence-electron chi connectivity index (χ3n) is 5.20. The number of tetrazole rings is 1. The van der Waals surface area contributed by atoms with E-state index in [-0.39, 0.29) is 18.9 Å². The maximum Gasteiger partial charge on any atom is 0.266 e. The van der Waals surface area contributed by atoms with Crippen molar-refractivity contribution in [3.63, 3.8) is 0 Å². The lowest BCUT2D eigenvalue weighted by Crippen LogP contribution is -2.53. The molecule has 2 heterocycles. The van der Waals surface area contributed by atoms with E-state index < -0.39 is 18.1 Å². The molecule has 0 radical (unpaired) electrons. The lowest BCUT2D eigenvalue weighted by atomic mass is 10.1. The van der Waals surface area contributed by atoms with Gasteiger partial charge in [-0.25, -0.2) is 10.1 Å². The van der Waals surface area contributed by atoms with Crippen molar-refractivity contribution in [1.29, 1.82) is 0 Å². The number of halogens is 1. The van der Waals surface area contributed by atoms with Crippen LogP contribution in [0.1, 0.15) is 17.5 Å². The van der Waals surface area contributed by atoms with Crippen LogP contribution in [-0.4, -0.2) is 60.8 Å². The highest BCUT2D eigenvalue weighted by atomic mass is 35.5. The van der Waals surface area contributed by atoms with Gasteiger partial charge in [-0.15, -0.1) is 5.10 Å². The zero-order valence-corrected chi connectivity index (χ0v) is 17.8. The molecule has 1 saturated heterocycles. The second kappa shape index (κ2) is 9.86. The molecule has 0 aliphatic carbocycles. The van der Waals surface area contributed by atoms with Crippen LogP contribution in [0.2, 0.25) is 5.02 Å². The Morgan fingerprint density at radius 1 is 1.25 bits per heavy atom. The van der Waals surface area contributed by atoms with Crippen LogP contribution >= 0.6 is 11.6 Å². The van der Waals surface area contributed by atoms with Crippen LogP contribution in [0.5, 0.6) is 0 Å². The van der Waals surface area contributed by atoms with Gasteiger partial charge in [-0.1, -0.05) is 41.9 Å². The number of carbonyl (C=O) groups excluding carboxylic acids is 2. The van der Waals surface area contributed by atoms with Crippen molar-refractivity contribution in [1.82, 2.24) is 36.0 Å². The lowest BCUT2D eigenvalue weighted by Gasteiger charge is -2.26. The highest BCUT2D eigenvalue weighted by molar-refractivity contribution is 6.30. The minimum Gasteiger partial charge on any atom is -0.383 e. The Morgan fingerprint density at radius 3 is 2.81 bits per heavy atom. The summed E-state index contributed by atoms with van der Waals surface area (Å²) in [6, 6.07) is 13.7. The number of hydrogen-bond donors (Lipinski definition) is 3. The van der Waals surface area contributed by atoms with Crippen LogP contribution < -0.4 is 10.7 Å². The maximum atomic E-state index is 12.9. The number of aliphatic hydroxyl groups is 1. The molecule has 1 aromatic heterocycles. The summed E-state index contributed by atoms with van der Waals surface area (Å²) in [5.41, 5.74) is 5.13. The monoisotopic (exact) mass is 455 g/mol. The van der Waals surface area contributed by atoms with E-state index in [0.29, 0.717) is 29.2 Å². The van der Waals surface area contributed by atoms with Gasteiger partial charge in [0.2, 0.25) is 5.91 Å². The number of nitrogens with one attached hydrogen (secondary N) is 2. The molecule has 3 N–H and O–H groups in total. The number of hydrazine groups is 1. The molecule has 11 heteroatoms. The van der Waals surface area contributed by atoms with Crippen LogP contribution in [0.25, 0.3) is 5.69 Å². The van der Waals surface area contributed by atoms with Crippen molar-refractivity contribution < 1.29 is 14.7 Å². The van der Waals surface area contributed by atoms with Crippen molar-refractivity contribution >= 4 is 23.4 Å². The molecule has 1 aliphatic heterocycles. The van der Waals surface area contributed by atoms with Crippen molar-refractivity contribution in [2.24, 2.45) is 0 Å². The summed E-state index contributed by atoms with van der Waals surface area (Å²) in [7, 11) is 0. The fourth-order valence-electron chi connectivity index (χ4n) is 3.62. The normalized spacial score (nSPS) is 16.7. The number of carbonyl (C=O) groups is 2. The predicted octanol–water partition coefficient (Wildman–Crippen LogP) is 0.641. The highest BCUT2D eigenvalue weighted by Gasteiger charge is 2.36. The molecule has 1 aliphatic rings. The van der Waals surface area contributed by atoms with E-state index in [1.165, 1.54) is 16.0 Å². The summed E-state index contributed by atoms with van der Waals surface area (Å²) >= 11 is 6.12. The van der Waals surface area contributed by atoms with E-state index in [0.717, 1.165) is 5.56 Å². The van der Waals surface area contributed by atoms with Crippen molar-refractivity contribution in [2.45, 2.75) is 31.5 Å². The van der Waals surface area contributed by atoms with E-state index in [4.69, 9.17) is 11.6 Å². The smallest absolute Gasteiger partial charge is 0.266 e.